The molecule has 0 saturated carbocycles. The van der Waals surface area contributed by atoms with E-state index in [1.807, 2.05) is 6.07 Å². The highest BCUT2D eigenvalue weighted by Gasteiger charge is 2.27. The highest BCUT2D eigenvalue weighted by atomic mass is 32.2. The van der Waals surface area contributed by atoms with Crippen LogP contribution >= 0.6 is 11.8 Å². The minimum absolute atomic E-state index is 0.0696. The zero-order chi connectivity index (χ0) is 21.0. The van der Waals surface area contributed by atoms with E-state index in [1.165, 1.54) is 21.0 Å². The summed E-state index contributed by atoms with van der Waals surface area (Å²) in [6, 6.07) is 7.33. The molecule has 2 aromatic rings. The van der Waals surface area contributed by atoms with Crippen molar-refractivity contribution in [3.63, 3.8) is 0 Å². The molecule has 3 rings (SSSR count). The second-order valence-corrected chi connectivity index (χ2v) is 9.34. The number of nitrogens with two attached hydrogens (primary N) is 1. The summed E-state index contributed by atoms with van der Waals surface area (Å²) in [5.74, 6) is -0.148. The molecule has 0 aliphatic carbocycles. The highest BCUT2D eigenvalue weighted by Crippen LogP contribution is 2.25. The van der Waals surface area contributed by atoms with Gasteiger partial charge >= 0.3 is 0 Å². The molecular formula is C17H21N7O3S2. The number of nitrogens with zero attached hydrogens (tertiary/aromatic N) is 5. The lowest BCUT2D eigenvalue weighted by molar-refractivity contribution is -0.118. The van der Waals surface area contributed by atoms with Gasteiger partial charge in [0.15, 0.2) is 5.16 Å². The van der Waals surface area contributed by atoms with Gasteiger partial charge < -0.3 is 11.1 Å². The number of benzene rings is 1. The van der Waals surface area contributed by atoms with Gasteiger partial charge in [-0.3, -0.25) is 9.36 Å². The lowest BCUT2D eigenvalue weighted by atomic mass is 10.2. The summed E-state index contributed by atoms with van der Waals surface area (Å²) in [5.41, 5.74) is 6.27. The van der Waals surface area contributed by atoms with Gasteiger partial charge in [-0.05, 0) is 44.0 Å². The first-order valence-electron chi connectivity index (χ1n) is 8.96. The summed E-state index contributed by atoms with van der Waals surface area (Å²) in [7, 11) is -3.50. The van der Waals surface area contributed by atoms with Gasteiger partial charge in [0.25, 0.3) is 0 Å². The Kier molecular flexibility index (Phi) is 6.41. The molecule has 0 radical (unpaired) electrons. The molecule has 0 bridgehead atoms. The molecule has 1 saturated heterocycles. The first-order valence-corrected chi connectivity index (χ1v) is 11.4. The van der Waals surface area contributed by atoms with Crippen LogP contribution in [-0.2, 0) is 14.8 Å². The van der Waals surface area contributed by atoms with Gasteiger partial charge in [-0.1, -0.05) is 11.8 Å². The number of nitriles is 1. The van der Waals surface area contributed by atoms with Crippen LogP contribution in [0.15, 0.2) is 34.3 Å². The maximum Gasteiger partial charge on any atom is 0.247 e. The van der Waals surface area contributed by atoms with Crippen molar-refractivity contribution in [2.45, 2.75) is 35.9 Å². The van der Waals surface area contributed by atoms with Crippen LogP contribution in [0.5, 0.6) is 0 Å². The van der Waals surface area contributed by atoms with Crippen molar-refractivity contribution in [1.29, 1.82) is 5.26 Å². The largest absolute Gasteiger partial charge is 0.368 e. The van der Waals surface area contributed by atoms with E-state index < -0.39 is 16.1 Å². The van der Waals surface area contributed by atoms with Crippen LogP contribution in [0.25, 0.3) is 0 Å². The molecule has 2 heterocycles. The van der Waals surface area contributed by atoms with Crippen molar-refractivity contribution in [3.8, 4) is 6.07 Å². The first kappa shape index (κ1) is 21.1. The van der Waals surface area contributed by atoms with E-state index in [-0.39, 0.29) is 22.5 Å². The number of carbonyl (C=O) groups excluding carboxylic acids is 1. The van der Waals surface area contributed by atoms with Crippen molar-refractivity contribution >= 4 is 39.3 Å². The summed E-state index contributed by atoms with van der Waals surface area (Å²) < 4.78 is 28.1. The fraction of sp³-hybridized carbons (Fsp3) is 0.412. The summed E-state index contributed by atoms with van der Waals surface area (Å²) in [6.07, 6.45) is 1.73. The number of nitrogen functional groups attached to an aromatic ring is 1. The van der Waals surface area contributed by atoms with Gasteiger partial charge in [-0.15, -0.1) is 10.2 Å². The molecule has 1 aromatic carbocycles. The fourth-order valence-corrected chi connectivity index (χ4v) is 5.20. The molecule has 1 aromatic heterocycles. The Bertz CT molecular complexity index is 1020. The number of hydrogen-bond acceptors (Lipinski definition) is 8. The van der Waals surface area contributed by atoms with Crippen LogP contribution in [0.2, 0.25) is 0 Å². The third-order valence-corrected chi connectivity index (χ3v) is 7.27. The Labute approximate surface area is 173 Å². The monoisotopic (exact) mass is 435 g/mol. The minimum Gasteiger partial charge on any atom is -0.368 e. The minimum atomic E-state index is -3.50. The number of aromatic nitrogens is 3. The number of thioether (sulfide) groups is 1. The molecule has 1 fully saturated rings. The average Bonchev–Trinajstić information content (AvgIpc) is 3.36. The van der Waals surface area contributed by atoms with Gasteiger partial charge in [0, 0.05) is 18.8 Å². The number of nitrogens with one attached hydrogen (secondary N) is 1. The summed E-state index contributed by atoms with van der Waals surface area (Å²) in [6.45, 7) is 2.70. The molecule has 1 atom stereocenters. The van der Waals surface area contributed by atoms with Gasteiger partial charge in [-0.25, -0.2) is 8.42 Å². The number of anilines is 2. The smallest absolute Gasteiger partial charge is 0.247 e. The summed E-state index contributed by atoms with van der Waals surface area (Å²) >= 11 is 1.13. The Morgan fingerprint density at radius 1 is 1.31 bits per heavy atom. The fourth-order valence-electron chi connectivity index (χ4n) is 3.00. The first-order chi connectivity index (χ1) is 13.8. The van der Waals surface area contributed by atoms with E-state index in [9.17, 15) is 13.2 Å². The predicted molar refractivity (Wildman–Crippen MR) is 109 cm³/mol. The van der Waals surface area contributed by atoms with Crippen LogP contribution in [0.3, 0.4) is 0 Å². The average molecular weight is 436 g/mol. The number of sulfonamides is 1. The van der Waals surface area contributed by atoms with Gasteiger partial charge in [-0.2, -0.15) is 9.57 Å². The molecule has 154 valence electrons. The second kappa shape index (κ2) is 8.81. The van der Waals surface area contributed by atoms with E-state index in [4.69, 9.17) is 11.0 Å². The van der Waals surface area contributed by atoms with Crippen LogP contribution in [0.1, 0.15) is 25.8 Å². The molecule has 0 spiro atoms. The number of rotatable bonds is 7. The second-order valence-electron chi connectivity index (χ2n) is 6.46. The lowest BCUT2D eigenvalue weighted by Gasteiger charge is -2.17. The van der Waals surface area contributed by atoms with Gasteiger partial charge in [0.05, 0.1) is 16.7 Å². The molecule has 1 unspecified atom stereocenters. The third-order valence-electron chi connectivity index (χ3n) is 4.55. The zero-order valence-corrected chi connectivity index (χ0v) is 17.4. The summed E-state index contributed by atoms with van der Waals surface area (Å²) in [5, 5.41) is 19.5. The van der Waals surface area contributed by atoms with E-state index in [2.05, 4.69) is 15.5 Å². The van der Waals surface area contributed by atoms with E-state index >= 15 is 0 Å². The van der Waals surface area contributed by atoms with Crippen molar-refractivity contribution < 1.29 is 13.2 Å². The molecule has 1 aliphatic rings. The molecular weight excluding hydrogens is 414 g/mol. The number of carbonyl (C=O) groups is 1. The summed E-state index contributed by atoms with van der Waals surface area (Å²) in [4.78, 5) is 12.8. The lowest BCUT2D eigenvalue weighted by Crippen LogP contribution is -2.28. The van der Waals surface area contributed by atoms with Gasteiger partial charge in [0.1, 0.15) is 6.04 Å². The molecule has 3 N–H and O–H groups in total. The van der Waals surface area contributed by atoms with Crippen molar-refractivity contribution in [1.82, 2.24) is 19.1 Å². The van der Waals surface area contributed by atoms with E-state index in [1.54, 1.807) is 19.1 Å². The quantitative estimate of drug-likeness (QED) is 0.621. The third kappa shape index (κ3) is 4.52. The highest BCUT2D eigenvalue weighted by molar-refractivity contribution is 7.99. The normalized spacial score (nSPS) is 15.7. The number of hydrogen-bond donors (Lipinski definition) is 2. The Hall–Kier alpha value is -2.62. The maximum absolute atomic E-state index is 12.6. The molecule has 29 heavy (non-hydrogen) atoms. The number of amides is 1. The zero-order valence-electron chi connectivity index (χ0n) is 15.8. The Balaban J connectivity index is 1.71. The van der Waals surface area contributed by atoms with Crippen LogP contribution in [0.4, 0.5) is 11.6 Å². The van der Waals surface area contributed by atoms with Crippen molar-refractivity contribution in [2.75, 3.05) is 29.9 Å². The van der Waals surface area contributed by atoms with E-state index in [0.717, 1.165) is 24.6 Å². The predicted octanol–water partition coefficient (Wildman–Crippen LogP) is 1.46. The van der Waals surface area contributed by atoms with Gasteiger partial charge in [0.2, 0.25) is 21.9 Å². The molecule has 10 nitrogen and oxygen atoms in total. The van der Waals surface area contributed by atoms with Crippen LogP contribution < -0.4 is 11.1 Å². The molecule has 1 amide bonds. The standard InChI is InChI=1S/C17H21N7O3S2/c1-12(24-16(19)21-22-17(24)28-11-8-18)15(25)20-13-4-6-14(7-5-13)29(26,27)23-9-2-3-10-23/h4-7,12H,2-3,9-11H2,1H3,(H2,19,21)(H,20,25). The van der Waals surface area contributed by atoms with Crippen LogP contribution in [0, 0.1) is 11.3 Å². The Morgan fingerprint density at radius 2 is 1.97 bits per heavy atom. The maximum atomic E-state index is 12.6. The molecule has 12 heteroatoms. The van der Waals surface area contributed by atoms with E-state index in [0.29, 0.717) is 23.9 Å². The van der Waals surface area contributed by atoms with Crippen molar-refractivity contribution in [2.24, 2.45) is 0 Å². The van der Waals surface area contributed by atoms with Crippen molar-refractivity contribution in [3.05, 3.63) is 24.3 Å². The molecule has 1 aliphatic heterocycles. The Morgan fingerprint density at radius 3 is 2.59 bits per heavy atom. The SMILES string of the molecule is CC(C(=O)Nc1ccc(S(=O)(=O)N2CCCC2)cc1)n1c(N)nnc1SCC#N. The van der Waals surface area contributed by atoms with Crippen LogP contribution in [-0.4, -0.2) is 52.2 Å². The topological polar surface area (TPSA) is 147 Å².